The van der Waals surface area contributed by atoms with Crippen LogP contribution in [0.4, 0.5) is 10.6 Å². The fraction of sp³-hybridized carbons (Fsp3) is 0.455. The molecule has 11 heteroatoms. The van der Waals surface area contributed by atoms with Crippen molar-refractivity contribution in [1.29, 1.82) is 10.8 Å². The van der Waals surface area contributed by atoms with Gasteiger partial charge in [-0.15, -0.1) is 0 Å². The number of nitrogens with two attached hydrogens (primary N) is 1. The van der Waals surface area contributed by atoms with Gasteiger partial charge in [-0.3, -0.25) is 15.7 Å². The third kappa shape index (κ3) is 15.3. The molecule has 1 amide bonds. The normalized spacial score (nSPS) is 11.2. The van der Waals surface area contributed by atoms with Crippen LogP contribution in [-0.2, 0) is 16.1 Å². The summed E-state index contributed by atoms with van der Waals surface area (Å²) in [7, 11) is 3.16. The number of aliphatic hydroxyl groups is 1. The van der Waals surface area contributed by atoms with E-state index in [4.69, 9.17) is 31.2 Å². The lowest BCUT2D eigenvalue weighted by molar-refractivity contribution is 0.0787. The highest BCUT2D eigenvalue weighted by molar-refractivity contribution is 6.38. The molecule has 9 N–H and O–H groups in total. The smallest absolute Gasteiger partial charge is 0.413 e. The van der Waals surface area contributed by atoms with Gasteiger partial charge in [0, 0.05) is 35.0 Å². The number of anilines is 1. The van der Waals surface area contributed by atoms with Crippen LogP contribution < -0.4 is 17.3 Å². The molecule has 0 saturated carbocycles. The molecule has 0 bridgehead atoms. The van der Waals surface area contributed by atoms with E-state index in [1.54, 1.807) is 32.4 Å². The second kappa shape index (κ2) is 19.6. The van der Waals surface area contributed by atoms with Gasteiger partial charge in [0.25, 0.3) is 0 Å². The molecule has 1 atom stereocenters. The van der Waals surface area contributed by atoms with Crippen LogP contribution in [0.2, 0.25) is 0 Å². The van der Waals surface area contributed by atoms with Gasteiger partial charge in [-0.2, -0.15) is 0 Å². The molecule has 0 saturated heterocycles. The van der Waals surface area contributed by atoms with Gasteiger partial charge in [-0.05, 0) is 25.5 Å². The number of carbonyl (C=O) groups excluding carboxylic acids is 1. The summed E-state index contributed by atoms with van der Waals surface area (Å²) in [5.74, 6) is 5.70. The van der Waals surface area contributed by atoms with Gasteiger partial charge in [0.05, 0.1) is 18.0 Å². The number of amidine groups is 1. The summed E-state index contributed by atoms with van der Waals surface area (Å²) in [6.45, 7) is 4.24. The van der Waals surface area contributed by atoms with Crippen LogP contribution in [0.3, 0.4) is 0 Å². The minimum Gasteiger partial charge on any atom is -0.446 e. The Bertz CT molecular complexity index is 773. The van der Waals surface area contributed by atoms with Crippen LogP contribution in [0.1, 0.15) is 40.2 Å². The zero-order valence-electron chi connectivity index (χ0n) is 20.0. The van der Waals surface area contributed by atoms with Crippen molar-refractivity contribution in [2.75, 3.05) is 26.1 Å². The monoisotopic (exact) mass is 467 g/mol. The molecule has 1 heterocycles. The maximum Gasteiger partial charge on any atom is 0.413 e. The van der Waals surface area contributed by atoms with Crippen molar-refractivity contribution in [2.45, 2.75) is 45.8 Å². The molecule has 1 unspecified atom stereocenters. The highest BCUT2D eigenvalue weighted by atomic mass is 16.6. The van der Waals surface area contributed by atoms with E-state index in [0.29, 0.717) is 31.0 Å². The lowest BCUT2D eigenvalue weighted by Crippen LogP contribution is -2.37. The van der Waals surface area contributed by atoms with Crippen LogP contribution in [0, 0.1) is 10.8 Å². The molecule has 1 aromatic rings. The van der Waals surface area contributed by atoms with Crippen molar-refractivity contribution in [3.05, 3.63) is 48.2 Å². The highest BCUT2D eigenvalue weighted by Gasteiger charge is 2.13. The number of ether oxygens (including phenoxy) is 2. The predicted octanol–water partition coefficient (Wildman–Crippen LogP) is 3.66. The average Bonchev–Trinajstić information content (AvgIpc) is 2.79. The average molecular weight is 468 g/mol. The minimum absolute atomic E-state index is 0. The number of amides is 1. The van der Waals surface area contributed by atoms with E-state index in [-0.39, 0.29) is 31.8 Å². The first-order chi connectivity index (χ1) is 15.3. The number of nitrogens with zero attached hydrogens (tertiary/aromatic N) is 2. The van der Waals surface area contributed by atoms with Crippen LogP contribution in [-0.4, -0.2) is 59.6 Å². The Morgan fingerprint density at radius 2 is 2.09 bits per heavy atom. The van der Waals surface area contributed by atoms with Gasteiger partial charge in [0.1, 0.15) is 11.9 Å². The number of nitrogens with one attached hydrogen (secondary N) is 3. The summed E-state index contributed by atoms with van der Waals surface area (Å²) in [6.07, 6.45) is 8.53. The largest absolute Gasteiger partial charge is 0.446 e. The minimum atomic E-state index is -0.550. The first-order valence-corrected chi connectivity index (χ1v) is 10.2. The quantitative estimate of drug-likeness (QED) is 0.0932. The predicted molar refractivity (Wildman–Crippen MR) is 134 cm³/mol. The van der Waals surface area contributed by atoms with Crippen molar-refractivity contribution < 1.29 is 20.8 Å². The van der Waals surface area contributed by atoms with Gasteiger partial charge < -0.3 is 26.1 Å². The Morgan fingerprint density at radius 1 is 1.39 bits per heavy atom. The van der Waals surface area contributed by atoms with Crippen molar-refractivity contribution in [3.8, 4) is 0 Å². The summed E-state index contributed by atoms with van der Waals surface area (Å²) in [5.41, 5.74) is 0.704. The van der Waals surface area contributed by atoms with E-state index in [2.05, 4.69) is 10.3 Å². The number of aromatic nitrogens is 1. The third-order valence-electron chi connectivity index (χ3n) is 3.97. The van der Waals surface area contributed by atoms with Crippen molar-refractivity contribution in [1.82, 2.24) is 16.1 Å². The number of hydrogen-bond donors (Lipinski definition) is 6. The van der Waals surface area contributed by atoms with Crippen LogP contribution in [0.25, 0.3) is 0 Å². The fourth-order valence-electron chi connectivity index (χ4n) is 2.20. The molecule has 0 aliphatic rings. The molecule has 188 valence electrons. The van der Waals surface area contributed by atoms with Crippen LogP contribution >= 0.6 is 0 Å². The Hall–Kier alpha value is -3.12. The van der Waals surface area contributed by atoms with Gasteiger partial charge in [-0.25, -0.2) is 15.6 Å². The van der Waals surface area contributed by atoms with E-state index >= 15 is 0 Å². The summed E-state index contributed by atoms with van der Waals surface area (Å²) < 4.78 is 10.2. The van der Waals surface area contributed by atoms with E-state index in [0.717, 1.165) is 11.4 Å². The molecule has 0 fully saturated rings. The first-order valence-electron chi connectivity index (χ1n) is 10.2. The number of methoxy groups -OCH3 is 1. The summed E-state index contributed by atoms with van der Waals surface area (Å²) >= 11 is 0. The fourth-order valence-corrected chi connectivity index (χ4v) is 2.20. The number of allylic oxidation sites excluding steroid dienone is 4. The molecule has 1 rings (SSSR count). The lowest BCUT2D eigenvalue weighted by Gasteiger charge is -2.16. The number of pyridine rings is 1. The molecule has 33 heavy (non-hydrogen) atoms. The van der Waals surface area contributed by atoms with Gasteiger partial charge in [-0.1, -0.05) is 37.3 Å². The Balaban J connectivity index is -0.000000570. The lowest BCUT2D eigenvalue weighted by atomic mass is 10.2. The number of rotatable bonds is 11. The Kier molecular flexibility index (Phi) is 19.0. The molecule has 0 spiro atoms. The van der Waals surface area contributed by atoms with Crippen LogP contribution in [0.15, 0.2) is 42.5 Å². The molecular formula is C22H41N7O4. The number of aliphatic hydroxyl groups excluding tert-OH is 1. The van der Waals surface area contributed by atoms with E-state index in [1.165, 1.54) is 0 Å². The SMILES string of the molecule is C/C=C\C=C/CC(=N)C(=N)N(C)N.CCC(CCOC)OC(=O)Nc1cccc(CO)n1.N.[HH]. The van der Waals surface area contributed by atoms with Crippen LogP contribution in [0.5, 0.6) is 0 Å². The topological polar surface area (TPSA) is 193 Å². The third-order valence-corrected chi connectivity index (χ3v) is 3.97. The maximum absolute atomic E-state index is 11.7. The van der Waals surface area contributed by atoms with E-state index in [1.807, 2.05) is 38.2 Å². The van der Waals surface area contributed by atoms with Crippen molar-refractivity contribution in [3.63, 3.8) is 0 Å². The van der Waals surface area contributed by atoms with Gasteiger partial charge >= 0.3 is 6.09 Å². The zero-order chi connectivity index (χ0) is 24.4. The molecule has 0 aromatic carbocycles. The molecule has 0 aliphatic heterocycles. The van der Waals surface area contributed by atoms with E-state index < -0.39 is 6.09 Å². The molecular weight excluding hydrogens is 426 g/mol. The molecule has 0 radical (unpaired) electrons. The molecule has 0 aliphatic carbocycles. The molecule has 11 nitrogen and oxygen atoms in total. The number of hydrazine groups is 1. The zero-order valence-corrected chi connectivity index (χ0v) is 20.0. The summed E-state index contributed by atoms with van der Waals surface area (Å²) in [4.78, 5) is 15.7. The highest BCUT2D eigenvalue weighted by Crippen LogP contribution is 2.09. The van der Waals surface area contributed by atoms with E-state index in [9.17, 15) is 4.79 Å². The molecule has 1 aromatic heterocycles. The second-order valence-corrected chi connectivity index (χ2v) is 6.61. The van der Waals surface area contributed by atoms with Crippen molar-refractivity contribution >= 4 is 23.5 Å². The second-order valence-electron chi connectivity index (χ2n) is 6.61. The standard InChI is InChI=1S/C13H20N2O4.C9H16N4.H3N.H2/c1-3-11(7-8-18-2)19-13(17)15-12-6-4-5-10(9-16)14-12;1-3-4-5-6-7-8(10)9(11)13(2)12;;/h4-6,11,16H,3,7-9H2,1-2H3,(H,14,15,17);3-6,10-11H,7,12H2,1-2H3;1H3;1H/b;4-3-,6-5-,10-8?,11-9?;;. The number of hydrogen-bond acceptors (Lipinski definition) is 9. The Labute approximate surface area is 197 Å². The summed E-state index contributed by atoms with van der Waals surface area (Å²) in [6, 6.07) is 5.01. The first kappa shape index (κ1) is 32.1. The maximum atomic E-state index is 11.7. The summed E-state index contributed by atoms with van der Waals surface area (Å²) in [5, 5.41) is 27.4. The Morgan fingerprint density at radius 3 is 2.64 bits per heavy atom. The van der Waals surface area contributed by atoms with Crippen molar-refractivity contribution in [2.24, 2.45) is 5.84 Å². The number of carbonyl (C=O) groups is 1. The van der Waals surface area contributed by atoms with Gasteiger partial charge in [0.15, 0.2) is 5.84 Å². The van der Waals surface area contributed by atoms with Gasteiger partial charge in [0.2, 0.25) is 0 Å².